The number of amides is 2. The lowest BCUT2D eigenvalue weighted by Gasteiger charge is -2.20. The van der Waals surface area contributed by atoms with E-state index in [-0.39, 0.29) is 30.2 Å². The molecule has 28 heavy (non-hydrogen) atoms. The molecule has 0 bridgehead atoms. The third-order valence-corrected chi connectivity index (χ3v) is 5.02. The summed E-state index contributed by atoms with van der Waals surface area (Å²) in [6.45, 7) is 4.13. The van der Waals surface area contributed by atoms with Crippen LogP contribution in [0.4, 0.5) is 17.1 Å². The second kappa shape index (κ2) is 7.67. The number of ether oxygens (including phenoxy) is 1. The Kier molecular flexibility index (Phi) is 5.30. The number of anilines is 2. The van der Waals surface area contributed by atoms with Crippen LogP contribution in [0, 0.1) is 29.9 Å². The highest BCUT2D eigenvalue weighted by molar-refractivity contribution is 6.04. The van der Waals surface area contributed by atoms with Crippen LogP contribution in [0.2, 0.25) is 0 Å². The zero-order valence-electron chi connectivity index (χ0n) is 15.9. The van der Waals surface area contributed by atoms with Crippen LogP contribution in [0.25, 0.3) is 0 Å². The summed E-state index contributed by atoms with van der Waals surface area (Å²) in [5.41, 5.74) is 2.65. The van der Waals surface area contributed by atoms with Crippen molar-refractivity contribution in [1.82, 2.24) is 0 Å². The maximum absolute atomic E-state index is 12.7. The second-order valence-corrected chi connectivity index (χ2v) is 6.75. The number of benzene rings is 2. The first-order valence-corrected chi connectivity index (χ1v) is 8.81. The van der Waals surface area contributed by atoms with Gasteiger partial charge in [0.05, 0.1) is 18.0 Å². The molecule has 0 radical (unpaired) electrons. The van der Waals surface area contributed by atoms with Crippen molar-refractivity contribution in [2.45, 2.75) is 20.3 Å². The monoisotopic (exact) mass is 383 g/mol. The van der Waals surface area contributed by atoms with E-state index < -0.39 is 16.7 Å². The van der Waals surface area contributed by atoms with Crippen LogP contribution in [-0.2, 0) is 9.59 Å². The van der Waals surface area contributed by atoms with Gasteiger partial charge in [-0.05, 0) is 37.1 Å². The third-order valence-electron chi connectivity index (χ3n) is 5.02. The van der Waals surface area contributed by atoms with Gasteiger partial charge in [-0.25, -0.2) is 0 Å². The Balaban J connectivity index is 1.81. The van der Waals surface area contributed by atoms with E-state index in [1.54, 1.807) is 4.90 Å². The van der Waals surface area contributed by atoms with E-state index in [1.165, 1.54) is 25.3 Å². The molecule has 8 heteroatoms. The van der Waals surface area contributed by atoms with E-state index in [2.05, 4.69) is 5.32 Å². The van der Waals surface area contributed by atoms with Crippen LogP contribution in [0.15, 0.2) is 36.4 Å². The summed E-state index contributed by atoms with van der Waals surface area (Å²) in [5.74, 6) is -0.787. The van der Waals surface area contributed by atoms with E-state index in [9.17, 15) is 19.7 Å². The van der Waals surface area contributed by atoms with Crippen molar-refractivity contribution in [2.24, 2.45) is 5.92 Å². The molecule has 0 aromatic heterocycles. The highest BCUT2D eigenvalue weighted by atomic mass is 16.6. The summed E-state index contributed by atoms with van der Waals surface area (Å²) in [4.78, 5) is 37.5. The second-order valence-electron chi connectivity index (χ2n) is 6.75. The molecule has 1 atom stereocenters. The van der Waals surface area contributed by atoms with Crippen LogP contribution in [0.5, 0.6) is 5.75 Å². The number of methoxy groups -OCH3 is 1. The summed E-state index contributed by atoms with van der Waals surface area (Å²) in [5, 5.41) is 13.8. The number of rotatable bonds is 5. The first-order valence-electron chi connectivity index (χ1n) is 8.81. The number of nitrogens with zero attached hydrogens (tertiary/aromatic N) is 2. The molecule has 0 spiro atoms. The number of aryl methyl sites for hydroxylation is 1. The van der Waals surface area contributed by atoms with Gasteiger partial charge < -0.3 is 15.0 Å². The van der Waals surface area contributed by atoms with E-state index >= 15 is 0 Å². The summed E-state index contributed by atoms with van der Waals surface area (Å²) in [7, 11) is 1.43. The van der Waals surface area contributed by atoms with Crippen molar-refractivity contribution in [3.8, 4) is 5.75 Å². The smallest absolute Gasteiger partial charge is 0.293 e. The van der Waals surface area contributed by atoms with E-state index in [0.717, 1.165) is 16.8 Å². The number of nitro groups is 1. The number of carbonyl (C=O) groups is 2. The van der Waals surface area contributed by atoms with Crippen molar-refractivity contribution in [3.63, 3.8) is 0 Å². The SMILES string of the molecule is COc1ccc([N+](=O)[O-])c(NC(=O)[C@H]2CC(=O)N(c3cccc(C)c3C)C2)c1. The Morgan fingerprint density at radius 3 is 2.71 bits per heavy atom. The summed E-state index contributed by atoms with van der Waals surface area (Å²) in [6, 6.07) is 9.82. The molecule has 0 unspecified atom stereocenters. The van der Waals surface area contributed by atoms with Crippen LogP contribution in [0.3, 0.4) is 0 Å². The average molecular weight is 383 g/mol. The van der Waals surface area contributed by atoms with Crippen molar-refractivity contribution in [1.29, 1.82) is 0 Å². The van der Waals surface area contributed by atoms with E-state index in [1.807, 2.05) is 32.0 Å². The lowest BCUT2D eigenvalue weighted by atomic mass is 10.1. The predicted octanol–water partition coefficient (Wildman–Crippen LogP) is 3.21. The zero-order chi connectivity index (χ0) is 20.4. The normalized spacial score (nSPS) is 16.2. The van der Waals surface area contributed by atoms with E-state index in [0.29, 0.717) is 5.75 Å². The molecule has 146 valence electrons. The molecule has 1 fully saturated rings. The molecule has 0 aliphatic carbocycles. The lowest BCUT2D eigenvalue weighted by molar-refractivity contribution is -0.383. The topological polar surface area (TPSA) is 102 Å². The first-order chi connectivity index (χ1) is 13.3. The largest absolute Gasteiger partial charge is 0.497 e. The van der Waals surface area contributed by atoms with Crippen LogP contribution >= 0.6 is 0 Å². The van der Waals surface area contributed by atoms with Gasteiger partial charge in [-0.2, -0.15) is 0 Å². The van der Waals surface area contributed by atoms with Crippen molar-refractivity contribution in [3.05, 3.63) is 57.6 Å². The molecular formula is C20H21N3O5. The molecule has 2 amide bonds. The molecule has 1 saturated heterocycles. The fourth-order valence-corrected chi connectivity index (χ4v) is 3.28. The van der Waals surface area contributed by atoms with Gasteiger partial charge in [-0.3, -0.25) is 19.7 Å². The maximum atomic E-state index is 12.7. The van der Waals surface area contributed by atoms with Crippen molar-refractivity contribution < 1.29 is 19.2 Å². The Bertz CT molecular complexity index is 957. The summed E-state index contributed by atoms with van der Waals surface area (Å²) < 4.78 is 5.08. The fraction of sp³-hybridized carbons (Fsp3) is 0.300. The molecular weight excluding hydrogens is 362 g/mol. The number of hydrogen-bond acceptors (Lipinski definition) is 5. The standard InChI is InChI=1S/C20H21N3O5/c1-12-5-4-6-17(13(12)2)22-11-14(9-19(22)24)20(25)21-16-10-15(28-3)7-8-18(16)23(26)27/h4-8,10,14H,9,11H2,1-3H3,(H,21,25)/t14-/m0/s1. The molecule has 1 N–H and O–H groups in total. The fourth-order valence-electron chi connectivity index (χ4n) is 3.28. The molecule has 0 saturated carbocycles. The van der Waals surface area contributed by atoms with Gasteiger partial charge in [-0.15, -0.1) is 0 Å². The Labute approximate surface area is 162 Å². The van der Waals surface area contributed by atoms with Gasteiger partial charge in [0.1, 0.15) is 11.4 Å². The Morgan fingerprint density at radius 2 is 2.04 bits per heavy atom. The van der Waals surface area contributed by atoms with Gasteiger partial charge in [0.2, 0.25) is 11.8 Å². The van der Waals surface area contributed by atoms with Crippen molar-refractivity contribution in [2.75, 3.05) is 23.9 Å². The minimum Gasteiger partial charge on any atom is -0.497 e. The van der Waals surface area contributed by atoms with Crippen LogP contribution in [-0.4, -0.2) is 30.4 Å². The summed E-state index contributed by atoms with van der Waals surface area (Å²) in [6.07, 6.45) is 0.0526. The third kappa shape index (κ3) is 3.66. The lowest BCUT2D eigenvalue weighted by Crippen LogP contribution is -2.28. The molecule has 1 heterocycles. The zero-order valence-corrected chi connectivity index (χ0v) is 15.9. The minimum atomic E-state index is -0.599. The Morgan fingerprint density at radius 1 is 1.29 bits per heavy atom. The van der Waals surface area contributed by atoms with Crippen molar-refractivity contribution >= 4 is 28.9 Å². The van der Waals surface area contributed by atoms with E-state index in [4.69, 9.17) is 4.74 Å². The maximum Gasteiger partial charge on any atom is 0.293 e. The molecule has 1 aliphatic heterocycles. The van der Waals surface area contributed by atoms with Gasteiger partial charge in [0.25, 0.3) is 5.69 Å². The predicted molar refractivity (Wildman–Crippen MR) is 105 cm³/mol. The highest BCUT2D eigenvalue weighted by Crippen LogP contribution is 2.32. The molecule has 2 aromatic rings. The summed E-state index contributed by atoms with van der Waals surface area (Å²) >= 11 is 0. The average Bonchev–Trinajstić information content (AvgIpc) is 3.05. The Hall–Kier alpha value is -3.42. The van der Waals surface area contributed by atoms with Gasteiger partial charge >= 0.3 is 0 Å². The van der Waals surface area contributed by atoms with Gasteiger partial charge in [0.15, 0.2) is 0 Å². The number of hydrogen-bond donors (Lipinski definition) is 1. The first kappa shape index (κ1) is 19.3. The molecule has 1 aliphatic rings. The molecule has 3 rings (SSSR count). The highest BCUT2D eigenvalue weighted by Gasteiger charge is 2.36. The van der Waals surface area contributed by atoms with Crippen LogP contribution < -0.4 is 15.0 Å². The van der Waals surface area contributed by atoms with Gasteiger partial charge in [0, 0.05) is 30.8 Å². The van der Waals surface area contributed by atoms with Crippen LogP contribution in [0.1, 0.15) is 17.5 Å². The molecule has 2 aromatic carbocycles. The number of nitrogens with one attached hydrogen (secondary N) is 1. The quantitative estimate of drug-likeness (QED) is 0.631. The number of nitro benzene ring substituents is 1. The number of carbonyl (C=O) groups excluding carboxylic acids is 2. The van der Waals surface area contributed by atoms with Gasteiger partial charge in [-0.1, -0.05) is 12.1 Å². The molecule has 8 nitrogen and oxygen atoms in total. The minimum absolute atomic E-state index is 0.0481.